The minimum Gasteiger partial charge on any atom is -0.467 e. The lowest BCUT2D eigenvalue weighted by Gasteiger charge is -2.15. The number of anilines is 2. The summed E-state index contributed by atoms with van der Waals surface area (Å²) in [6.45, 7) is 19.2. The molecule has 0 saturated carbocycles. The Morgan fingerprint density at radius 1 is 0.689 bits per heavy atom. The van der Waals surface area contributed by atoms with Crippen LogP contribution in [-0.2, 0) is 52.6 Å². The Labute approximate surface area is 420 Å². The monoisotopic (exact) mass is 1010 g/mol. The number of methoxy groups -OCH3 is 3. The van der Waals surface area contributed by atoms with Gasteiger partial charge in [-0.3, -0.25) is 9.59 Å². The molecule has 0 fully saturated rings. The van der Waals surface area contributed by atoms with Crippen molar-refractivity contribution in [3.8, 4) is 35.4 Å². The van der Waals surface area contributed by atoms with E-state index >= 15 is 0 Å². The molecule has 74 heavy (non-hydrogen) atoms. The molecule has 7 aromatic rings. The van der Waals surface area contributed by atoms with Crippen LogP contribution in [-0.4, -0.2) is 100 Å². The van der Waals surface area contributed by atoms with Gasteiger partial charge in [-0.1, -0.05) is 41.5 Å². The van der Waals surface area contributed by atoms with Crippen LogP contribution in [0.5, 0.6) is 6.01 Å². The molecule has 7 rings (SSSR count). The summed E-state index contributed by atoms with van der Waals surface area (Å²) in [4.78, 5) is 64.4. The maximum Gasteiger partial charge on any atom is 0.337 e. The lowest BCUT2D eigenvalue weighted by molar-refractivity contribution is -0.130. The molecule has 4 N–H and O–H groups in total. The Morgan fingerprint density at radius 2 is 1.15 bits per heavy atom. The van der Waals surface area contributed by atoms with Crippen molar-refractivity contribution in [2.24, 2.45) is 20.5 Å². The Kier molecular flexibility index (Phi) is 14.6. The summed E-state index contributed by atoms with van der Waals surface area (Å²) in [5.74, 6) is -2.00. The van der Waals surface area contributed by atoms with E-state index in [1.54, 1.807) is 12.1 Å². The van der Waals surface area contributed by atoms with Crippen LogP contribution in [0.25, 0.3) is 28.1 Å². The molecule has 0 saturated heterocycles. The predicted octanol–water partition coefficient (Wildman–Crippen LogP) is 6.55. The van der Waals surface area contributed by atoms with Crippen LogP contribution in [0, 0.1) is 17.9 Å². The SMILES string of the molecule is [C-]#[N+]c1cnn(-c2cc(COC=O)cc(C(=O)OC)c2)c1N=Nc1c(C(C)(C)C)nn(-c2nc(OC)nc(-n3nc(C(C)(C)C)c(N=Nc4c(C#N)cnn4-c4cc(COC=O)cc(C(=O)OC)c4)c3N)n2)c1N. The third kappa shape index (κ3) is 10.4. The van der Waals surface area contributed by atoms with Gasteiger partial charge in [-0.2, -0.15) is 50.0 Å². The van der Waals surface area contributed by atoms with E-state index in [1.165, 1.54) is 76.7 Å². The molecule has 0 spiro atoms. The zero-order valence-electron chi connectivity index (χ0n) is 41.1. The van der Waals surface area contributed by atoms with Crippen molar-refractivity contribution in [2.45, 2.75) is 65.6 Å². The van der Waals surface area contributed by atoms with Crippen molar-refractivity contribution in [1.29, 1.82) is 5.26 Å². The van der Waals surface area contributed by atoms with Crippen LogP contribution in [0.15, 0.2) is 69.2 Å². The van der Waals surface area contributed by atoms with E-state index in [4.69, 9.17) is 51.9 Å². The number of carbonyl (C=O) groups excluding carboxylic acids is 4. The van der Waals surface area contributed by atoms with Gasteiger partial charge in [0, 0.05) is 10.8 Å². The van der Waals surface area contributed by atoms with Crippen LogP contribution >= 0.6 is 0 Å². The standard InChI is InChI=1S/C46H45N19O9/c1-45(2,3)34-32(56-58-38-28(17-47)18-51-62(38)29-13-24(20-73-22-66)11-26(15-29)40(68)70-8)36(48)64(60-34)42-53-43(55-44(54-42)72-10)65-37(49)33(35(61-65)46(4,5)6)57-59-39-31(50-7)19-52-63(39)30-14-25(21-74-23-67)12-27(16-30)41(69)71-9/h11-16,18-19,22-23H,20-21,48-49H2,1-6,8-10H3. The van der Waals surface area contributed by atoms with Crippen molar-refractivity contribution >= 4 is 65.2 Å². The van der Waals surface area contributed by atoms with E-state index in [9.17, 15) is 24.4 Å². The molecule has 0 aliphatic rings. The van der Waals surface area contributed by atoms with Gasteiger partial charge in [0.25, 0.3) is 30.5 Å². The average Bonchev–Trinajstić information content (AvgIpc) is 4.17. The Morgan fingerprint density at radius 3 is 1.57 bits per heavy atom. The fourth-order valence-corrected chi connectivity index (χ4v) is 7.06. The van der Waals surface area contributed by atoms with Gasteiger partial charge in [0.05, 0.1) is 74.2 Å². The lowest BCUT2D eigenvalue weighted by Crippen LogP contribution is -2.16. The highest BCUT2D eigenvalue weighted by molar-refractivity contribution is 5.91. The fraction of sp³-hybridized carbons (Fsp3) is 0.283. The summed E-state index contributed by atoms with van der Waals surface area (Å²) < 4.78 is 30.1. The lowest BCUT2D eigenvalue weighted by atomic mass is 9.91. The highest BCUT2D eigenvalue weighted by Crippen LogP contribution is 2.41. The van der Waals surface area contributed by atoms with E-state index in [0.29, 0.717) is 22.5 Å². The quantitative estimate of drug-likeness (QED) is 0.0321. The van der Waals surface area contributed by atoms with E-state index in [2.05, 4.69) is 50.5 Å². The van der Waals surface area contributed by atoms with Crippen molar-refractivity contribution in [3.05, 3.63) is 99.4 Å². The second-order valence-electron chi connectivity index (χ2n) is 17.7. The van der Waals surface area contributed by atoms with E-state index in [-0.39, 0.29) is 112 Å². The first-order valence-corrected chi connectivity index (χ1v) is 21.7. The van der Waals surface area contributed by atoms with Gasteiger partial charge in [-0.15, -0.1) is 20.5 Å². The fourth-order valence-electron chi connectivity index (χ4n) is 7.06. The normalized spacial score (nSPS) is 11.6. The van der Waals surface area contributed by atoms with Crippen LogP contribution in [0.2, 0.25) is 0 Å². The smallest absolute Gasteiger partial charge is 0.337 e. The van der Waals surface area contributed by atoms with Gasteiger partial charge in [0.1, 0.15) is 24.8 Å². The van der Waals surface area contributed by atoms with E-state index in [1.807, 2.05) is 47.6 Å². The Bertz CT molecular complexity index is 3260. The highest BCUT2D eigenvalue weighted by atomic mass is 16.5. The van der Waals surface area contributed by atoms with Gasteiger partial charge in [-0.25, -0.2) is 23.8 Å². The molecule has 28 heteroatoms. The minimum atomic E-state index is -0.748. The number of hydrogen-bond acceptors (Lipinski definition) is 23. The molecule has 0 aliphatic carbocycles. The number of aromatic nitrogens is 11. The zero-order chi connectivity index (χ0) is 53.6. The predicted molar refractivity (Wildman–Crippen MR) is 258 cm³/mol. The first-order valence-electron chi connectivity index (χ1n) is 21.7. The summed E-state index contributed by atoms with van der Waals surface area (Å²) in [6.07, 6.45) is 2.52. The summed E-state index contributed by atoms with van der Waals surface area (Å²) in [7, 11) is 3.75. The number of rotatable bonds is 17. The number of hydrogen-bond donors (Lipinski definition) is 2. The number of nitrogen functional groups attached to an aromatic ring is 2. The Hall–Kier alpha value is -10.3. The van der Waals surface area contributed by atoms with Gasteiger partial charge in [0.15, 0.2) is 34.6 Å². The molecule has 378 valence electrons. The number of benzene rings is 2. The summed E-state index contributed by atoms with van der Waals surface area (Å²) in [5.41, 5.74) is 14.5. The van der Waals surface area contributed by atoms with Gasteiger partial charge >= 0.3 is 17.9 Å². The van der Waals surface area contributed by atoms with Crippen LogP contribution in [0.3, 0.4) is 0 Å². The average molecular weight is 1010 g/mol. The second-order valence-corrected chi connectivity index (χ2v) is 17.7. The number of azo groups is 2. The van der Waals surface area contributed by atoms with Crippen molar-refractivity contribution < 1.29 is 42.9 Å². The topological polar surface area (TPSA) is 354 Å². The first kappa shape index (κ1) is 51.6. The number of carbonyl (C=O) groups is 4. The molecule has 0 amide bonds. The number of nitriles is 1. The van der Waals surface area contributed by atoms with E-state index in [0.717, 1.165) is 0 Å². The summed E-state index contributed by atoms with van der Waals surface area (Å²) >= 11 is 0. The molecular formula is C46H45N19O9. The zero-order valence-corrected chi connectivity index (χ0v) is 41.1. The van der Waals surface area contributed by atoms with Crippen molar-refractivity contribution in [3.63, 3.8) is 0 Å². The number of nitrogens with zero attached hydrogens (tertiary/aromatic N) is 17. The molecule has 5 heterocycles. The molecule has 0 aliphatic heterocycles. The maximum absolute atomic E-state index is 12.6. The van der Waals surface area contributed by atoms with E-state index < -0.39 is 22.8 Å². The molecule has 5 aromatic heterocycles. The molecule has 0 unspecified atom stereocenters. The molecule has 0 atom stereocenters. The van der Waals surface area contributed by atoms with Crippen LogP contribution < -0.4 is 16.2 Å². The maximum atomic E-state index is 12.6. The highest BCUT2D eigenvalue weighted by Gasteiger charge is 2.31. The van der Waals surface area contributed by atoms with Crippen LogP contribution in [0.4, 0.5) is 40.3 Å². The number of ether oxygens (including phenoxy) is 5. The molecule has 28 nitrogen and oxygen atoms in total. The van der Waals surface area contributed by atoms with Gasteiger partial charge in [-0.05, 0) is 47.5 Å². The molecule has 0 bridgehead atoms. The third-order valence-electron chi connectivity index (χ3n) is 10.5. The third-order valence-corrected chi connectivity index (χ3v) is 10.5. The molecule has 2 aromatic carbocycles. The number of esters is 2. The molecular weight excluding hydrogens is 963 g/mol. The van der Waals surface area contributed by atoms with Gasteiger partial charge < -0.3 is 35.2 Å². The first-order chi connectivity index (χ1) is 35.3. The number of nitrogens with two attached hydrogens (primary N) is 2. The van der Waals surface area contributed by atoms with Crippen LogP contribution in [0.1, 0.15) is 90.3 Å². The summed E-state index contributed by atoms with van der Waals surface area (Å²) in [6, 6.07) is 10.9. The minimum absolute atomic E-state index is 0.00258. The largest absolute Gasteiger partial charge is 0.467 e. The Balaban J connectivity index is 1.33. The van der Waals surface area contributed by atoms with Gasteiger partial charge in [0.2, 0.25) is 0 Å². The van der Waals surface area contributed by atoms with Crippen molar-refractivity contribution in [2.75, 3.05) is 32.8 Å². The molecule has 0 radical (unpaired) electrons. The second kappa shape index (κ2) is 21.0. The van der Waals surface area contributed by atoms with Crippen molar-refractivity contribution in [1.82, 2.24) is 54.1 Å². The summed E-state index contributed by atoms with van der Waals surface area (Å²) in [5, 5.41) is 46.2.